The SMILES string of the molecule is O=C(c1c(O)c2ccc3ccccc3c2n(-c2ccccc2)c1=O)C(F)(F)C(F)(F)C(F)(F)F. The van der Waals surface area contributed by atoms with E-state index < -0.39 is 40.7 Å². The van der Waals surface area contributed by atoms with Crippen molar-refractivity contribution in [2.24, 2.45) is 0 Å². The molecule has 0 atom stereocenters. The van der Waals surface area contributed by atoms with Gasteiger partial charge in [0.05, 0.1) is 5.52 Å². The lowest BCUT2D eigenvalue weighted by Gasteiger charge is -2.27. The van der Waals surface area contributed by atoms with Gasteiger partial charge in [-0.1, -0.05) is 48.5 Å². The average molecular weight is 483 g/mol. The fraction of sp³-hybridized carbons (Fsp3) is 0.130. The van der Waals surface area contributed by atoms with Crippen molar-refractivity contribution < 1.29 is 40.6 Å². The van der Waals surface area contributed by atoms with Crippen molar-refractivity contribution in [2.75, 3.05) is 0 Å². The summed E-state index contributed by atoms with van der Waals surface area (Å²) in [7, 11) is 0. The van der Waals surface area contributed by atoms with Gasteiger partial charge in [0, 0.05) is 16.5 Å². The third kappa shape index (κ3) is 3.22. The van der Waals surface area contributed by atoms with Gasteiger partial charge in [-0.15, -0.1) is 0 Å². The predicted molar refractivity (Wildman–Crippen MR) is 109 cm³/mol. The zero-order chi connectivity index (χ0) is 25.1. The second kappa shape index (κ2) is 7.57. The van der Waals surface area contributed by atoms with Crippen LogP contribution < -0.4 is 5.56 Å². The van der Waals surface area contributed by atoms with E-state index in [1.54, 1.807) is 24.3 Å². The first-order chi connectivity index (χ1) is 15.8. The van der Waals surface area contributed by atoms with Gasteiger partial charge in [0.1, 0.15) is 11.3 Å². The fourth-order valence-electron chi connectivity index (χ4n) is 3.64. The number of alkyl halides is 7. The Labute approximate surface area is 185 Å². The van der Waals surface area contributed by atoms with Gasteiger partial charge >= 0.3 is 18.0 Å². The molecule has 4 aromatic rings. The fourth-order valence-corrected chi connectivity index (χ4v) is 3.64. The zero-order valence-corrected chi connectivity index (χ0v) is 16.7. The van der Waals surface area contributed by atoms with E-state index in [9.17, 15) is 45.4 Å². The van der Waals surface area contributed by atoms with Gasteiger partial charge in [0.15, 0.2) is 0 Å². The third-order valence-corrected chi connectivity index (χ3v) is 5.31. The number of aromatic nitrogens is 1. The molecule has 4 rings (SSSR count). The van der Waals surface area contributed by atoms with Crippen LogP contribution in [0.1, 0.15) is 10.4 Å². The van der Waals surface area contributed by atoms with E-state index in [0.29, 0.717) is 15.3 Å². The first kappa shape index (κ1) is 23.3. The van der Waals surface area contributed by atoms with Gasteiger partial charge in [0.2, 0.25) is 5.78 Å². The summed E-state index contributed by atoms with van der Waals surface area (Å²) in [4.78, 5) is 25.6. The highest BCUT2D eigenvalue weighted by Crippen LogP contribution is 2.48. The van der Waals surface area contributed by atoms with Crippen molar-refractivity contribution in [3.8, 4) is 11.4 Å². The van der Waals surface area contributed by atoms with Crippen LogP contribution in [0.5, 0.6) is 5.75 Å². The quantitative estimate of drug-likeness (QED) is 0.225. The van der Waals surface area contributed by atoms with Gasteiger partial charge < -0.3 is 5.11 Å². The van der Waals surface area contributed by atoms with Crippen molar-refractivity contribution in [3.63, 3.8) is 0 Å². The lowest BCUT2D eigenvalue weighted by Crippen LogP contribution is -2.57. The van der Waals surface area contributed by atoms with E-state index in [4.69, 9.17) is 0 Å². The average Bonchev–Trinajstić information content (AvgIpc) is 2.78. The summed E-state index contributed by atoms with van der Waals surface area (Å²) in [6.07, 6.45) is -6.80. The molecule has 0 unspecified atom stereocenters. The molecule has 0 aliphatic carbocycles. The van der Waals surface area contributed by atoms with Gasteiger partial charge in [-0.2, -0.15) is 30.7 Å². The highest BCUT2D eigenvalue weighted by Gasteiger charge is 2.76. The number of carbonyl (C=O) groups is 1. The van der Waals surface area contributed by atoms with Gasteiger partial charge in [0.25, 0.3) is 5.56 Å². The molecule has 34 heavy (non-hydrogen) atoms. The lowest BCUT2D eigenvalue weighted by molar-refractivity contribution is -0.339. The predicted octanol–water partition coefficient (Wildman–Crippen LogP) is 5.87. The molecule has 0 saturated heterocycles. The minimum absolute atomic E-state index is 0.00574. The molecule has 4 nitrogen and oxygen atoms in total. The molecular weight excluding hydrogens is 471 g/mol. The van der Waals surface area contributed by atoms with E-state index in [1.807, 2.05) is 0 Å². The second-order valence-corrected chi connectivity index (χ2v) is 7.36. The van der Waals surface area contributed by atoms with Crippen LogP contribution in [0.4, 0.5) is 30.7 Å². The highest BCUT2D eigenvalue weighted by atomic mass is 19.4. The van der Waals surface area contributed by atoms with Crippen LogP contribution in [0, 0.1) is 0 Å². The van der Waals surface area contributed by atoms with Crippen LogP contribution in [-0.4, -0.2) is 33.5 Å². The molecule has 1 aromatic heterocycles. The number of rotatable bonds is 4. The Morgan fingerprint density at radius 1 is 0.765 bits per heavy atom. The van der Waals surface area contributed by atoms with E-state index in [2.05, 4.69) is 0 Å². The van der Waals surface area contributed by atoms with E-state index >= 15 is 0 Å². The van der Waals surface area contributed by atoms with Crippen LogP contribution in [0.25, 0.3) is 27.4 Å². The number of nitrogens with zero attached hydrogens (tertiary/aromatic N) is 1. The molecule has 0 amide bonds. The topological polar surface area (TPSA) is 59.3 Å². The zero-order valence-electron chi connectivity index (χ0n) is 16.7. The molecule has 0 aliphatic rings. The molecule has 0 bridgehead atoms. The number of hydrogen-bond donors (Lipinski definition) is 1. The number of ketones is 1. The Hall–Kier alpha value is -3.89. The molecule has 0 saturated carbocycles. The summed E-state index contributed by atoms with van der Waals surface area (Å²) in [5.41, 5.74) is -3.64. The van der Waals surface area contributed by atoms with Crippen molar-refractivity contribution in [2.45, 2.75) is 18.0 Å². The van der Waals surface area contributed by atoms with Crippen LogP contribution in [0.15, 0.2) is 71.5 Å². The number of halogens is 7. The number of fused-ring (bicyclic) bond motifs is 3. The summed E-state index contributed by atoms with van der Waals surface area (Å²) >= 11 is 0. The molecule has 0 fully saturated rings. The summed E-state index contributed by atoms with van der Waals surface area (Å²) < 4.78 is 94.3. The standard InChI is InChI=1S/C23H12F7NO3/c24-21(25,22(26,27)23(28,29)30)19(33)16-18(32)15-11-10-12-6-4-5-9-14(12)17(15)31(20(16)34)13-7-2-1-3-8-13/h1-11,32H. The molecule has 1 heterocycles. The number of para-hydroxylation sites is 1. The minimum Gasteiger partial charge on any atom is -0.506 e. The number of carbonyl (C=O) groups excluding carboxylic acids is 1. The van der Waals surface area contributed by atoms with E-state index in [-0.39, 0.29) is 16.6 Å². The number of benzene rings is 3. The largest absolute Gasteiger partial charge is 0.506 e. The molecule has 1 N–H and O–H groups in total. The van der Waals surface area contributed by atoms with E-state index in [1.165, 1.54) is 36.4 Å². The first-order valence-corrected chi connectivity index (χ1v) is 9.52. The van der Waals surface area contributed by atoms with Crippen LogP contribution in [0.2, 0.25) is 0 Å². The Kier molecular flexibility index (Phi) is 5.18. The molecule has 0 aliphatic heterocycles. The minimum atomic E-state index is -6.80. The second-order valence-electron chi connectivity index (χ2n) is 7.36. The van der Waals surface area contributed by atoms with Crippen molar-refractivity contribution in [1.29, 1.82) is 0 Å². The lowest BCUT2D eigenvalue weighted by atomic mass is 9.96. The Balaban J connectivity index is 2.15. The van der Waals surface area contributed by atoms with Gasteiger partial charge in [-0.25, -0.2) is 0 Å². The number of Topliss-reactive ketones (excluding diaryl/α,β-unsaturated/α-hetero) is 1. The summed E-state index contributed by atoms with van der Waals surface area (Å²) in [5.74, 6) is -17.8. The Morgan fingerprint density at radius 3 is 1.97 bits per heavy atom. The van der Waals surface area contributed by atoms with Crippen LogP contribution >= 0.6 is 0 Å². The summed E-state index contributed by atoms with van der Waals surface area (Å²) in [6.45, 7) is 0. The summed E-state index contributed by atoms with van der Waals surface area (Å²) in [5, 5.41) is 11.0. The summed E-state index contributed by atoms with van der Waals surface area (Å²) in [6, 6.07) is 16.0. The number of pyridine rings is 1. The smallest absolute Gasteiger partial charge is 0.460 e. The monoisotopic (exact) mass is 483 g/mol. The molecule has 0 radical (unpaired) electrons. The first-order valence-electron chi connectivity index (χ1n) is 9.52. The molecular formula is C23H12F7NO3. The molecule has 11 heteroatoms. The molecule has 0 spiro atoms. The maximum Gasteiger partial charge on any atom is 0.460 e. The van der Waals surface area contributed by atoms with Crippen LogP contribution in [0.3, 0.4) is 0 Å². The number of hydrogen-bond acceptors (Lipinski definition) is 3. The Morgan fingerprint density at radius 2 is 1.35 bits per heavy atom. The van der Waals surface area contributed by atoms with Crippen molar-refractivity contribution in [1.82, 2.24) is 4.57 Å². The normalized spacial score (nSPS) is 12.9. The maximum absolute atomic E-state index is 14.2. The number of aromatic hydroxyl groups is 1. The van der Waals surface area contributed by atoms with Gasteiger partial charge in [-0.05, 0) is 23.6 Å². The Bertz CT molecular complexity index is 1490. The van der Waals surface area contributed by atoms with Crippen molar-refractivity contribution >= 4 is 27.5 Å². The van der Waals surface area contributed by atoms with Gasteiger partial charge in [-0.3, -0.25) is 14.2 Å². The molecule has 176 valence electrons. The maximum atomic E-state index is 14.2. The molecule has 3 aromatic carbocycles. The van der Waals surface area contributed by atoms with E-state index in [0.717, 1.165) is 6.07 Å². The highest BCUT2D eigenvalue weighted by molar-refractivity contribution is 6.13. The van der Waals surface area contributed by atoms with Crippen molar-refractivity contribution in [3.05, 3.63) is 82.6 Å². The van der Waals surface area contributed by atoms with Crippen LogP contribution in [-0.2, 0) is 0 Å². The third-order valence-electron chi connectivity index (χ3n) is 5.31.